The van der Waals surface area contributed by atoms with E-state index in [4.69, 9.17) is 16.3 Å². The quantitative estimate of drug-likeness (QED) is 0.767. The third kappa shape index (κ3) is 3.06. The van der Waals surface area contributed by atoms with Gasteiger partial charge in [0.15, 0.2) is 5.82 Å². The van der Waals surface area contributed by atoms with E-state index in [1.165, 1.54) is 31.4 Å². The van der Waals surface area contributed by atoms with E-state index in [-0.39, 0.29) is 27.6 Å². The van der Waals surface area contributed by atoms with Gasteiger partial charge in [0.05, 0.1) is 34.6 Å². The summed E-state index contributed by atoms with van der Waals surface area (Å²) in [5.41, 5.74) is 0.584. The van der Waals surface area contributed by atoms with Crippen molar-refractivity contribution in [3.8, 4) is 28.4 Å². The summed E-state index contributed by atoms with van der Waals surface area (Å²) >= 11 is 5.86. The summed E-state index contributed by atoms with van der Waals surface area (Å²) < 4.78 is 21.4. The number of aryl methyl sites for hydroxylation is 1. The summed E-state index contributed by atoms with van der Waals surface area (Å²) in [7, 11) is 3.10. The monoisotopic (exact) mass is 361 g/mol. The molecule has 0 radical (unpaired) electrons. The van der Waals surface area contributed by atoms with Gasteiger partial charge in [0.2, 0.25) is 0 Å². The van der Waals surface area contributed by atoms with Crippen molar-refractivity contribution in [1.29, 1.82) is 0 Å². The lowest BCUT2D eigenvalue weighted by molar-refractivity contribution is 0.0697. The van der Waals surface area contributed by atoms with Crippen LogP contribution < -0.4 is 4.74 Å². The van der Waals surface area contributed by atoms with Crippen LogP contribution in [0.15, 0.2) is 36.5 Å². The standard InChI is InChI=1S/C17H13ClFN3O3/c1-22-8-7-12(21-22)11-5-3-9(17(23)24)16(20-11)14-13(25-2)6-4-10(18)15(14)19/h3-8H,1-2H3,(H,23,24). The zero-order valence-corrected chi connectivity index (χ0v) is 14.1. The maximum absolute atomic E-state index is 14.7. The molecule has 128 valence electrons. The normalized spacial score (nSPS) is 10.7. The van der Waals surface area contributed by atoms with Crippen molar-refractivity contribution >= 4 is 17.6 Å². The van der Waals surface area contributed by atoms with E-state index in [0.29, 0.717) is 11.4 Å². The largest absolute Gasteiger partial charge is 0.496 e. The number of hydrogen-bond donors (Lipinski definition) is 1. The molecule has 0 aliphatic heterocycles. The highest BCUT2D eigenvalue weighted by Crippen LogP contribution is 2.37. The number of aromatic nitrogens is 3. The van der Waals surface area contributed by atoms with E-state index >= 15 is 0 Å². The number of benzene rings is 1. The molecule has 1 aromatic carbocycles. The number of halogens is 2. The minimum absolute atomic E-state index is 0.0764. The van der Waals surface area contributed by atoms with Gasteiger partial charge in [-0.2, -0.15) is 5.10 Å². The van der Waals surface area contributed by atoms with Gasteiger partial charge in [0, 0.05) is 13.2 Å². The topological polar surface area (TPSA) is 77.2 Å². The Kier molecular flexibility index (Phi) is 4.41. The van der Waals surface area contributed by atoms with E-state index in [9.17, 15) is 14.3 Å². The molecule has 0 aliphatic carbocycles. The van der Waals surface area contributed by atoms with Crippen molar-refractivity contribution in [2.24, 2.45) is 7.05 Å². The molecule has 0 fully saturated rings. The molecule has 2 aromatic heterocycles. The van der Waals surface area contributed by atoms with E-state index in [1.807, 2.05) is 0 Å². The molecule has 6 nitrogen and oxygen atoms in total. The number of aromatic carboxylic acids is 1. The van der Waals surface area contributed by atoms with Crippen LogP contribution >= 0.6 is 11.6 Å². The Balaban J connectivity index is 2.31. The van der Waals surface area contributed by atoms with E-state index in [1.54, 1.807) is 24.0 Å². The molecular weight excluding hydrogens is 349 g/mol. The third-order valence-electron chi connectivity index (χ3n) is 3.62. The molecule has 0 unspecified atom stereocenters. The number of nitrogens with zero attached hydrogens (tertiary/aromatic N) is 3. The van der Waals surface area contributed by atoms with Gasteiger partial charge >= 0.3 is 5.97 Å². The van der Waals surface area contributed by atoms with E-state index in [2.05, 4.69) is 10.1 Å². The molecule has 0 saturated carbocycles. The van der Waals surface area contributed by atoms with Gasteiger partial charge in [-0.1, -0.05) is 11.6 Å². The van der Waals surface area contributed by atoms with Crippen LogP contribution in [0.5, 0.6) is 5.75 Å². The number of rotatable bonds is 4. The Bertz CT molecular complexity index is 972. The van der Waals surface area contributed by atoms with Crippen molar-refractivity contribution in [2.45, 2.75) is 0 Å². The second-order valence-corrected chi connectivity index (χ2v) is 5.62. The minimum atomic E-state index is -1.24. The number of carbonyl (C=O) groups is 1. The lowest BCUT2D eigenvalue weighted by atomic mass is 10.0. The molecule has 3 rings (SSSR count). The molecule has 0 spiro atoms. The summed E-state index contributed by atoms with van der Waals surface area (Å²) in [5.74, 6) is -1.90. The first-order chi connectivity index (χ1) is 11.9. The van der Waals surface area contributed by atoms with Crippen LogP contribution in [0.3, 0.4) is 0 Å². The van der Waals surface area contributed by atoms with Gasteiger partial charge in [-0.05, 0) is 30.3 Å². The number of pyridine rings is 1. The van der Waals surface area contributed by atoms with Crippen molar-refractivity contribution < 1.29 is 19.0 Å². The molecule has 0 saturated heterocycles. The number of carboxylic acid groups (broad SMARTS) is 1. The highest BCUT2D eigenvalue weighted by Gasteiger charge is 2.23. The van der Waals surface area contributed by atoms with Crippen molar-refractivity contribution in [2.75, 3.05) is 7.11 Å². The maximum atomic E-state index is 14.7. The first-order valence-corrected chi connectivity index (χ1v) is 7.57. The smallest absolute Gasteiger partial charge is 0.337 e. The number of hydrogen-bond acceptors (Lipinski definition) is 4. The van der Waals surface area contributed by atoms with E-state index in [0.717, 1.165) is 0 Å². The fraction of sp³-hybridized carbons (Fsp3) is 0.118. The Morgan fingerprint density at radius 1 is 1.24 bits per heavy atom. The third-order valence-corrected chi connectivity index (χ3v) is 3.91. The van der Waals surface area contributed by atoms with Crippen LogP contribution in [-0.4, -0.2) is 33.0 Å². The van der Waals surface area contributed by atoms with Crippen LogP contribution in [0.1, 0.15) is 10.4 Å². The molecule has 1 N–H and O–H groups in total. The Hall–Kier alpha value is -2.93. The molecule has 2 heterocycles. The molecule has 8 heteroatoms. The summed E-state index contributed by atoms with van der Waals surface area (Å²) in [6.45, 7) is 0. The predicted molar refractivity (Wildman–Crippen MR) is 90.4 cm³/mol. The average molecular weight is 362 g/mol. The zero-order chi connectivity index (χ0) is 18.1. The van der Waals surface area contributed by atoms with Crippen molar-refractivity contribution in [3.05, 3.63) is 52.9 Å². The lowest BCUT2D eigenvalue weighted by Crippen LogP contribution is -2.05. The van der Waals surface area contributed by atoms with Gasteiger partial charge in [-0.3, -0.25) is 4.68 Å². The molecule has 0 bridgehead atoms. The Morgan fingerprint density at radius 3 is 2.60 bits per heavy atom. The number of carboxylic acids is 1. The van der Waals surface area contributed by atoms with Crippen LogP contribution in [0.25, 0.3) is 22.6 Å². The highest BCUT2D eigenvalue weighted by molar-refractivity contribution is 6.31. The van der Waals surface area contributed by atoms with Crippen LogP contribution in [-0.2, 0) is 7.05 Å². The number of methoxy groups -OCH3 is 1. The summed E-state index contributed by atoms with van der Waals surface area (Å²) in [4.78, 5) is 15.9. The van der Waals surface area contributed by atoms with Gasteiger partial charge in [0.25, 0.3) is 0 Å². The predicted octanol–water partition coefficient (Wildman–Crippen LogP) is 3.65. The average Bonchev–Trinajstić information content (AvgIpc) is 3.03. The van der Waals surface area contributed by atoms with Gasteiger partial charge < -0.3 is 9.84 Å². The van der Waals surface area contributed by atoms with Gasteiger partial charge in [-0.15, -0.1) is 0 Å². The number of ether oxygens (including phenoxy) is 1. The first-order valence-electron chi connectivity index (χ1n) is 7.19. The SMILES string of the molecule is COc1ccc(Cl)c(F)c1-c1nc(-c2ccn(C)n2)ccc1C(=O)O. The molecule has 25 heavy (non-hydrogen) atoms. The maximum Gasteiger partial charge on any atom is 0.337 e. The second-order valence-electron chi connectivity index (χ2n) is 5.21. The Labute approximate surface area is 147 Å². The minimum Gasteiger partial charge on any atom is -0.496 e. The zero-order valence-electron chi connectivity index (χ0n) is 13.3. The van der Waals surface area contributed by atoms with Crippen molar-refractivity contribution in [1.82, 2.24) is 14.8 Å². The second kappa shape index (κ2) is 6.52. The summed E-state index contributed by atoms with van der Waals surface area (Å²) in [5, 5.41) is 13.5. The highest BCUT2D eigenvalue weighted by atomic mass is 35.5. The summed E-state index contributed by atoms with van der Waals surface area (Å²) in [6.07, 6.45) is 1.72. The molecule has 0 aliphatic rings. The molecule has 3 aromatic rings. The van der Waals surface area contributed by atoms with Gasteiger partial charge in [0.1, 0.15) is 11.4 Å². The van der Waals surface area contributed by atoms with Crippen LogP contribution in [0.4, 0.5) is 4.39 Å². The lowest BCUT2D eigenvalue weighted by Gasteiger charge is -2.13. The van der Waals surface area contributed by atoms with Crippen molar-refractivity contribution in [3.63, 3.8) is 0 Å². The Morgan fingerprint density at radius 2 is 2.00 bits per heavy atom. The summed E-state index contributed by atoms with van der Waals surface area (Å²) in [6, 6.07) is 7.39. The fourth-order valence-corrected chi connectivity index (χ4v) is 2.60. The van der Waals surface area contributed by atoms with Crippen LogP contribution in [0.2, 0.25) is 5.02 Å². The van der Waals surface area contributed by atoms with E-state index < -0.39 is 11.8 Å². The van der Waals surface area contributed by atoms with Gasteiger partial charge in [-0.25, -0.2) is 14.2 Å². The molecule has 0 amide bonds. The molecule has 0 atom stereocenters. The fourth-order valence-electron chi connectivity index (χ4n) is 2.44. The van der Waals surface area contributed by atoms with Crippen LogP contribution in [0, 0.1) is 5.82 Å². The molecular formula is C17H13ClFN3O3. The first kappa shape index (κ1) is 16.9.